The fourth-order valence-corrected chi connectivity index (χ4v) is 15.5. The SMILES string of the molecule is CC(C)(C)c1ccc(-c2cc3c4c(c2)c2c(-c5ccccc5)cc(-c5ccccc5)cc2n4-c2cc(-c4nc(-c5ccccc5)cc(-c5ccccc5)n4)cc4c2B3c2cc(-c3ccc(C(C)(C)C)cc3)cc3c5c(-c6ccccc6)cc(-c6ccccc6)cc5n-4c23)cc1. The van der Waals surface area contributed by atoms with E-state index in [1.54, 1.807) is 0 Å². The molecule has 0 aliphatic carbocycles. The first-order chi connectivity index (χ1) is 46.4. The molecular formula is C90H67BN4. The molecule has 95 heavy (non-hydrogen) atoms. The van der Waals surface area contributed by atoms with E-state index in [4.69, 9.17) is 9.97 Å². The number of rotatable bonds is 9. The minimum atomic E-state index is -0.228. The van der Waals surface area contributed by atoms with Gasteiger partial charge in [-0.05, 0) is 160 Å². The van der Waals surface area contributed by atoms with Crippen molar-refractivity contribution in [1.29, 1.82) is 0 Å². The zero-order valence-electron chi connectivity index (χ0n) is 54.2. The van der Waals surface area contributed by atoms with Gasteiger partial charge in [0.2, 0.25) is 0 Å². The van der Waals surface area contributed by atoms with Crippen molar-refractivity contribution < 1.29 is 0 Å². The third-order valence-electron chi connectivity index (χ3n) is 20.2. The van der Waals surface area contributed by atoms with Crippen LogP contribution in [0, 0.1) is 0 Å². The molecule has 0 N–H and O–H groups in total. The molecule has 450 valence electrons. The van der Waals surface area contributed by atoms with Crippen molar-refractivity contribution in [3.8, 4) is 112 Å². The second kappa shape index (κ2) is 21.6. The van der Waals surface area contributed by atoms with Gasteiger partial charge in [-0.25, -0.2) is 9.97 Å². The van der Waals surface area contributed by atoms with Crippen molar-refractivity contribution in [2.45, 2.75) is 52.4 Å². The Labute approximate surface area is 555 Å². The molecule has 0 fully saturated rings. The zero-order chi connectivity index (χ0) is 63.8. The van der Waals surface area contributed by atoms with Crippen LogP contribution in [0.15, 0.2) is 297 Å². The predicted molar refractivity (Wildman–Crippen MR) is 402 cm³/mol. The van der Waals surface area contributed by atoms with E-state index in [-0.39, 0.29) is 17.5 Å². The molecule has 18 rings (SSSR count). The number of fused-ring (bicyclic) bond motifs is 10. The standard InChI is InChI=1S/C90H67BN4/c1-89(2,3)69-41-37-58(38-42-69)64-47-73-83-71(60-29-17-9-18-30-60)45-66(56-25-13-7-14-26-56)51-79(83)94-81-53-68(88-92-77(62-33-21-11-22-34-62)55-78(93-88)63-35-23-12-24-36-63)54-82-85(81)91(75(49-64)86(73)94)76-50-65(59-39-43-70(44-40-59)90(4,5)6)48-74-84-72(61-31-19-10-20-32-61)46-67(57-27-15-8-16-28-57)52-80(84)95(82)87(74)76/h7-55H,1-6H3. The molecular weight excluding hydrogens is 1150 g/mol. The number of benzene rings is 13. The Morgan fingerprint density at radius 2 is 0.611 bits per heavy atom. The molecule has 0 saturated heterocycles. The van der Waals surface area contributed by atoms with Crippen molar-refractivity contribution >= 4 is 66.7 Å². The van der Waals surface area contributed by atoms with E-state index in [0.717, 1.165) is 72.7 Å². The van der Waals surface area contributed by atoms with E-state index in [0.29, 0.717) is 5.82 Å². The smallest absolute Gasteiger partial charge is 0.252 e. The van der Waals surface area contributed by atoms with E-state index in [2.05, 4.69) is 348 Å². The van der Waals surface area contributed by atoms with Crippen LogP contribution in [0.25, 0.3) is 156 Å². The highest BCUT2D eigenvalue weighted by atomic mass is 15.0. The quantitative estimate of drug-likeness (QED) is 0.135. The summed E-state index contributed by atoms with van der Waals surface area (Å²) >= 11 is 0. The summed E-state index contributed by atoms with van der Waals surface area (Å²) in [7, 11) is 0. The number of nitrogens with zero attached hydrogens (tertiary/aromatic N) is 4. The zero-order valence-corrected chi connectivity index (χ0v) is 54.2. The molecule has 2 aliphatic heterocycles. The maximum Gasteiger partial charge on any atom is 0.252 e. The van der Waals surface area contributed by atoms with E-state index < -0.39 is 0 Å². The van der Waals surface area contributed by atoms with E-state index in [1.165, 1.54) is 105 Å². The van der Waals surface area contributed by atoms with Gasteiger partial charge in [0, 0.05) is 60.6 Å². The maximum atomic E-state index is 5.67. The Hall–Kier alpha value is -11.4. The summed E-state index contributed by atoms with van der Waals surface area (Å²) in [6, 6.07) is 111. The summed E-state index contributed by atoms with van der Waals surface area (Å²) < 4.78 is 5.30. The first kappa shape index (κ1) is 56.4. The first-order valence-corrected chi connectivity index (χ1v) is 33.3. The predicted octanol–water partition coefficient (Wildman–Crippen LogP) is 21.4. The van der Waals surface area contributed by atoms with Crippen LogP contribution in [0.4, 0.5) is 0 Å². The van der Waals surface area contributed by atoms with Crippen LogP contribution in [-0.4, -0.2) is 25.8 Å². The number of aromatic nitrogens is 4. The van der Waals surface area contributed by atoms with Gasteiger partial charge >= 0.3 is 0 Å². The molecule has 0 amide bonds. The molecule has 3 aromatic heterocycles. The topological polar surface area (TPSA) is 35.6 Å². The lowest BCUT2D eigenvalue weighted by Crippen LogP contribution is -2.59. The van der Waals surface area contributed by atoms with Crippen molar-refractivity contribution in [1.82, 2.24) is 19.1 Å². The highest BCUT2D eigenvalue weighted by Crippen LogP contribution is 2.49. The van der Waals surface area contributed by atoms with Gasteiger partial charge < -0.3 is 9.13 Å². The van der Waals surface area contributed by atoms with Gasteiger partial charge in [0.15, 0.2) is 5.82 Å². The second-order valence-electron chi connectivity index (χ2n) is 28.1. The summed E-state index contributed by atoms with van der Waals surface area (Å²) in [5.74, 6) is 0.658. The van der Waals surface area contributed by atoms with Crippen molar-refractivity contribution in [3.05, 3.63) is 308 Å². The van der Waals surface area contributed by atoms with Crippen LogP contribution in [-0.2, 0) is 10.8 Å². The highest BCUT2D eigenvalue weighted by molar-refractivity contribution is 7.00. The molecule has 4 nitrogen and oxygen atoms in total. The summed E-state index contributed by atoms with van der Waals surface area (Å²) in [6.45, 7) is 13.6. The van der Waals surface area contributed by atoms with Crippen molar-refractivity contribution in [2.75, 3.05) is 0 Å². The maximum absolute atomic E-state index is 5.67. The van der Waals surface area contributed by atoms with Crippen molar-refractivity contribution in [2.24, 2.45) is 0 Å². The highest BCUT2D eigenvalue weighted by Gasteiger charge is 2.43. The Morgan fingerprint density at radius 1 is 0.284 bits per heavy atom. The van der Waals surface area contributed by atoms with Gasteiger partial charge in [0.05, 0.1) is 22.4 Å². The summed E-state index contributed by atoms with van der Waals surface area (Å²) in [5.41, 5.74) is 32.1. The van der Waals surface area contributed by atoms with E-state index in [9.17, 15) is 0 Å². The molecule has 0 unspecified atom stereocenters. The van der Waals surface area contributed by atoms with Crippen molar-refractivity contribution in [3.63, 3.8) is 0 Å². The molecule has 13 aromatic carbocycles. The summed E-state index contributed by atoms with van der Waals surface area (Å²) in [5, 5.41) is 4.86. The average molecular weight is 1220 g/mol. The average Bonchev–Trinajstić information content (AvgIpc) is 1.55. The lowest BCUT2D eigenvalue weighted by atomic mass is 9.34. The van der Waals surface area contributed by atoms with Gasteiger partial charge in [-0.15, -0.1) is 0 Å². The van der Waals surface area contributed by atoms with Crippen LogP contribution in [0.3, 0.4) is 0 Å². The van der Waals surface area contributed by atoms with Gasteiger partial charge in [-0.1, -0.05) is 284 Å². The monoisotopic (exact) mass is 1210 g/mol. The van der Waals surface area contributed by atoms with Gasteiger partial charge in [0.1, 0.15) is 0 Å². The fourth-order valence-electron chi connectivity index (χ4n) is 15.5. The molecule has 0 atom stereocenters. The van der Waals surface area contributed by atoms with E-state index >= 15 is 0 Å². The largest absolute Gasteiger partial charge is 0.310 e. The third-order valence-corrected chi connectivity index (χ3v) is 20.2. The van der Waals surface area contributed by atoms with Crippen LogP contribution < -0.4 is 16.4 Å². The van der Waals surface area contributed by atoms with Crippen LogP contribution >= 0.6 is 0 Å². The molecule has 0 spiro atoms. The van der Waals surface area contributed by atoms with Gasteiger partial charge in [0.25, 0.3) is 6.71 Å². The molecule has 0 saturated carbocycles. The molecule has 0 bridgehead atoms. The van der Waals surface area contributed by atoms with Crippen LogP contribution in [0.1, 0.15) is 52.7 Å². The lowest BCUT2D eigenvalue weighted by molar-refractivity contribution is 0.590. The minimum absolute atomic E-state index is 0.00875. The molecule has 5 heterocycles. The summed E-state index contributed by atoms with van der Waals surface area (Å²) in [4.78, 5) is 11.3. The number of hydrogen-bond donors (Lipinski definition) is 0. The number of hydrogen-bond acceptors (Lipinski definition) is 2. The summed E-state index contributed by atoms with van der Waals surface area (Å²) in [6.07, 6.45) is 0. The second-order valence-corrected chi connectivity index (χ2v) is 28.1. The van der Waals surface area contributed by atoms with Crippen LogP contribution in [0.5, 0.6) is 0 Å². The Kier molecular flexibility index (Phi) is 12.8. The Morgan fingerprint density at radius 3 is 0.968 bits per heavy atom. The van der Waals surface area contributed by atoms with Crippen LogP contribution in [0.2, 0.25) is 0 Å². The normalized spacial score (nSPS) is 12.5. The lowest BCUT2D eigenvalue weighted by Gasteiger charge is -2.34. The minimum Gasteiger partial charge on any atom is -0.310 e. The van der Waals surface area contributed by atoms with Gasteiger partial charge in [-0.3, -0.25) is 0 Å². The molecule has 0 radical (unpaired) electrons. The third kappa shape index (κ3) is 9.27. The first-order valence-electron chi connectivity index (χ1n) is 33.3. The molecule has 5 heteroatoms. The fraction of sp³-hybridized carbons (Fsp3) is 0.0889. The molecule has 2 aliphatic rings. The Balaban J connectivity index is 1.05. The van der Waals surface area contributed by atoms with Gasteiger partial charge in [-0.2, -0.15) is 0 Å². The van der Waals surface area contributed by atoms with E-state index in [1.807, 2.05) is 0 Å². The Bertz CT molecular complexity index is 5370. The molecule has 16 aromatic rings.